The molecule has 2 rings (SSSR count). The number of nitrogens with one attached hydrogen (secondary N) is 1. The molecule has 3 heteroatoms. The molecule has 2 heterocycles. The first-order chi connectivity index (χ1) is 8.60. The Hall–Kier alpha value is -1.09. The van der Waals surface area contributed by atoms with E-state index in [4.69, 9.17) is 0 Å². The lowest BCUT2D eigenvalue weighted by molar-refractivity contribution is 0.253. The second kappa shape index (κ2) is 5.27. The van der Waals surface area contributed by atoms with Crippen LogP contribution in [0.4, 0.5) is 5.69 Å². The number of rotatable bonds is 3. The maximum atomic E-state index is 4.43. The molecule has 0 saturated carbocycles. The smallest absolute Gasteiger partial charge is 0.0556 e. The van der Waals surface area contributed by atoms with E-state index in [1.54, 1.807) is 0 Å². The van der Waals surface area contributed by atoms with Gasteiger partial charge in [0, 0.05) is 30.4 Å². The minimum atomic E-state index is 0.261. The average Bonchev–Trinajstić information content (AvgIpc) is 2.41. The van der Waals surface area contributed by atoms with Crippen molar-refractivity contribution in [3.05, 3.63) is 24.0 Å². The Morgan fingerprint density at radius 1 is 1.39 bits per heavy atom. The lowest BCUT2D eigenvalue weighted by atomic mass is 9.88. The predicted molar refractivity (Wildman–Crippen MR) is 77.1 cm³/mol. The van der Waals surface area contributed by atoms with E-state index in [9.17, 15) is 0 Å². The second-order valence-corrected chi connectivity index (χ2v) is 5.50. The van der Waals surface area contributed by atoms with Crippen LogP contribution in [0.3, 0.4) is 0 Å². The third-order valence-electron chi connectivity index (χ3n) is 4.36. The lowest BCUT2D eigenvalue weighted by Gasteiger charge is -2.47. The van der Waals surface area contributed by atoms with Crippen LogP contribution in [-0.4, -0.2) is 29.7 Å². The van der Waals surface area contributed by atoms with Gasteiger partial charge in [0.15, 0.2) is 0 Å². The van der Waals surface area contributed by atoms with E-state index in [1.807, 2.05) is 13.1 Å². The SMILES string of the molecule is CCC1(CC)CN(c2ccc(C)nc2)C(C)CN1. The third kappa shape index (κ3) is 2.51. The molecule has 1 saturated heterocycles. The summed E-state index contributed by atoms with van der Waals surface area (Å²) >= 11 is 0. The van der Waals surface area contributed by atoms with Crippen LogP contribution in [0, 0.1) is 6.92 Å². The molecule has 100 valence electrons. The van der Waals surface area contributed by atoms with Crippen LogP contribution in [0.1, 0.15) is 39.3 Å². The number of nitrogens with zero attached hydrogens (tertiary/aromatic N) is 2. The molecule has 1 unspecified atom stereocenters. The maximum Gasteiger partial charge on any atom is 0.0556 e. The monoisotopic (exact) mass is 247 g/mol. The van der Waals surface area contributed by atoms with Gasteiger partial charge in [0.25, 0.3) is 0 Å². The molecule has 0 bridgehead atoms. The van der Waals surface area contributed by atoms with Crippen LogP contribution in [0.5, 0.6) is 0 Å². The largest absolute Gasteiger partial charge is 0.364 e. The van der Waals surface area contributed by atoms with E-state index in [2.05, 4.69) is 48.1 Å². The van der Waals surface area contributed by atoms with Crippen molar-refractivity contribution in [2.45, 2.75) is 52.1 Å². The standard InChI is InChI=1S/C15H25N3/c1-5-15(6-2)11-18(13(4)9-17-15)14-8-7-12(3)16-10-14/h7-8,10,13,17H,5-6,9,11H2,1-4H3. The number of pyridine rings is 1. The first-order valence-electron chi connectivity index (χ1n) is 7.04. The van der Waals surface area contributed by atoms with Crippen molar-refractivity contribution in [2.75, 3.05) is 18.0 Å². The van der Waals surface area contributed by atoms with E-state index in [0.29, 0.717) is 6.04 Å². The van der Waals surface area contributed by atoms with E-state index in [0.717, 1.165) is 18.8 Å². The Balaban J connectivity index is 2.22. The third-order valence-corrected chi connectivity index (χ3v) is 4.36. The van der Waals surface area contributed by atoms with Gasteiger partial charge in [0.1, 0.15) is 0 Å². The molecule has 1 N–H and O–H groups in total. The van der Waals surface area contributed by atoms with Gasteiger partial charge < -0.3 is 10.2 Å². The van der Waals surface area contributed by atoms with Gasteiger partial charge in [-0.3, -0.25) is 4.98 Å². The molecule has 1 aliphatic rings. The van der Waals surface area contributed by atoms with Gasteiger partial charge in [-0.15, -0.1) is 0 Å². The molecule has 0 aliphatic carbocycles. The first-order valence-corrected chi connectivity index (χ1v) is 7.04. The summed E-state index contributed by atoms with van der Waals surface area (Å²) in [4.78, 5) is 6.92. The predicted octanol–water partition coefficient (Wildman–Crippen LogP) is 2.75. The Labute approximate surface area is 111 Å². The summed E-state index contributed by atoms with van der Waals surface area (Å²) in [6, 6.07) is 4.82. The Kier molecular flexibility index (Phi) is 3.91. The number of hydrogen-bond acceptors (Lipinski definition) is 3. The van der Waals surface area contributed by atoms with Gasteiger partial charge in [-0.1, -0.05) is 13.8 Å². The molecule has 1 aliphatic heterocycles. The van der Waals surface area contributed by atoms with Crippen LogP contribution < -0.4 is 10.2 Å². The fraction of sp³-hybridized carbons (Fsp3) is 0.667. The van der Waals surface area contributed by atoms with Gasteiger partial charge in [0.2, 0.25) is 0 Å². The van der Waals surface area contributed by atoms with Crippen LogP contribution >= 0.6 is 0 Å². The van der Waals surface area contributed by atoms with Crippen molar-refractivity contribution in [2.24, 2.45) is 0 Å². The summed E-state index contributed by atoms with van der Waals surface area (Å²) < 4.78 is 0. The molecule has 1 atom stereocenters. The Bertz CT molecular complexity index is 381. The highest BCUT2D eigenvalue weighted by atomic mass is 15.3. The fourth-order valence-electron chi connectivity index (χ4n) is 2.71. The van der Waals surface area contributed by atoms with Crippen molar-refractivity contribution in [1.82, 2.24) is 10.3 Å². The number of piperazine rings is 1. The quantitative estimate of drug-likeness (QED) is 0.890. The van der Waals surface area contributed by atoms with Crippen LogP contribution in [0.2, 0.25) is 0 Å². The zero-order valence-electron chi connectivity index (χ0n) is 12.0. The maximum absolute atomic E-state index is 4.43. The molecule has 3 nitrogen and oxygen atoms in total. The molecule has 18 heavy (non-hydrogen) atoms. The highest BCUT2D eigenvalue weighted by molar-refractivity contribution is 5.47. The average molecular weight is 247 g/mol. The summed E-state index contributed by atoms with van der Waals surface area (Å²) in [5, 5.41) is 3.73. The molecule has 1 aromatic heterocycles. The highest BCUT2D eigenvalue weighted by Gasteiger charge is 2.35. The van der Waals surface area contributed by atoms with E-state index in [1.165, 1.54) is 18.5 Å². The van der Waals surface area contributed by atoms with Gasteiger partial charge in [-0.25, -0.2) is 0 Å². The summed E-state index contributed by atoms with van der Waals surface area (Å²) in [7, 11) is 0. The number of hydrogen-bond donors (Lipinski definition) is 1. The molecule has 0 radical (unpaired) electrons. The molecule has 0 aromatic carbocycles. The van der Waals surface area contributed by atoms with Gasteiger partial charge in [-0.2, -0.15) is 0 Å². The Morgan fingerprint density at radius 2 is 2.11 bits per heavy atom. The molecule has 1 aromatic rings. The van der Waals surface area contributed by atoms with Crippen molar-refractivity contribution in [1.29, 1.82) is 0 Å². The molecular weight excluding hydrogens is 222 g/mol. The number of anilines is 1. The van der Waals surface area contributed by atoms with Crippen LogP contribution in [0.15, 0.2) is 18.3 Å². The molecule has 0 spiro atoms. The van der Waals surface area contributed by atoms with Crippen LogP contribution in [0.25, 0.3) is 0 Å². The van der Waals surface area contributed by atoms with E-state index >= 15 is 0 Å². The summed E-state index contributed by atoms with van der Waals surface area (Å²) in [6.45, 7) is 11.0. The van der Waals surface area contributed by atoms with Gasteiger partial charge >= 0.3 is 0 Å². The minimum Gasteiger partial charge on any atom is -0.364 e. The van der Waals surface area contributed by atoms with E-state index in [-0.39, 0.29) is 5.54 Å². The van der Waals surface area contributed by atoms with Crippen molar-refractivity contribution in [3.63, 3.8) is 0 Å². The zero-order chi connectivity index (χ0) is 13.2. The van der Waals surface area contributed by atoms with Crippen molar-refractivity contribution >= 4 is 5.69 Å². The first kappa shape index (κ1) is 13.3. The van der Waals surface area contributed by atoms with Gasteiger partial charge in [0.05, 0.1) is 11.9 Å². The summed E-state index contributed by atoms with van der Waals surface area (Å²) in [5.41, 5.74) is 2.59. The van der Waals surface area contributed by atoms with E-state index < -0.39 is 0 Å². The normalized spacial score (nSPS) is 23.1. The highest BCUT2D eigenvalue weighted by Crippen LogP contribution is 2.27. The van der Waals surface area contributed by atoms with Gasteiger partial charge in [-0.05, 0) is 38.8 Å². The fourth-order valence-corrected chi connectivity index (χ4v) is 2.71. The Morgan fingerprint density at radius 3 is 2.67 bits per heavy atom. The van der Waals surface area contributed by atoms with Crippen molar-refractivity contribution < 1.29 is 0 Å². The summed E-state index contributed by atoms with van der Waals surface area (Å²) in [6.07, 6.45) is 4.35. The lowest BCUT2D eigenvalue weighted by Crippen LogP contribution is -2.63. The molecule has 1 fully saturated rings. The summed E-state index contributed by atoms with van der Waals surface area (Å²) in [5.74, 6) is 0. The molecule has 0 amide bonds. The topological polar surface area (TPSA) is 28.2 Å². The molecular formula is C15H25N3. The minimum absolute atomic E-state index is 0.261. The number of aromatic nitrogens is 1. The zero-order valence-corrected chi connectivity index (χ0v) is 12.0. The van der Waals surface area contributed by atoms with Crippen LogP contribution in [-0.2, 0) is 0 Å². The second-order valence-electron chi connectivity index (χ2n) is 5.50. The number of aryl methyl sites for hydroxylation is 1. The van der Waals surface area contributed by atoms with Crippen molar-refractivity contribution in [3.8, 4) is 0 Å².